The zero-order valence-electron chi connectivity index (χ0n) is 24.8. The van der Waals surface area contributed by atoms with Crippen molar-refractivity contribution < 1.29 is 19.1 Å². The van der Waals surface area contributed by atoms with Gasteiger partial charge < -0.3 is 24.8 Å². The first-order valence-electron chi connectivity index (χ1n) is 13.8. The molecule has 41 heavy (non-hydrogen) atoms. The van der Waals surface area contributed by atoms with Crippen LogP contribution in [0.25, 0.3) is 11.3 Å². The summed E-state index contributed by atoms with van der Waals surface area (Å²) in [6.07, 6.45) is 2.54. The molecular formula is C31H40ClN5O4. The molecule has 0 aliphatic heterocycles. The number of hydrogen-bond acceptors (Lipinski definition) is 5. The summed E-state index contributed by atoms with van der Waals surface area (Å²) < 4.78 is 7.69. The molecule has 0 aliphatic carbocycles. The Morgan fingerprint density at radius 2 is 1.73 bits per heavy atom. The Kier molecular flexibility index (Phi) is 10.9. The topological polar surface area (TPSA) is 106 Å². The summed E-state index contributed by atoms with van der Waals surface area (Å²) in [4.78, 5) is 43.5. The summed E-state index contributed by atoms with van der Waals surface area (Å²) in [5, 5.41) is 6.25. The first-order chi connectivity index (χ1) is 19.4. The minimum absolute atomic E-state index is 0.0447. The highest BCUT2D eigenvalue weighted by molar-refractivity contribution is 6.32. The summed E-state index contributed by atoms with van der Waals surface area (Å²) >= 11 is 6.34. The number of nitrogens with zero attached hydrogens (tertiary/aromatic N) is 3. The fourth-order valence-corrected chi connectivity index (χ4v) is 4.69. The Bertz CT molecular complexity index is 1370. The SMILES string of the molecule is CCn1cc(-c2ccc(CC(CC(=O)N(C)C)NC(=O)c3ccc(OC(C)C)c(Cl)c3)cc2)nc1C(C)NC(C)=O. The molecule has 0 bridgehead atoms. The van der Waals surface area contributed by atoms with Crippen molar-refractivity contribution in [1.82, 2.24) is 25.1 Å². The first kappa shape index (κ1) is 31.7. The number of aromatic nitrogens is 2. The Morgan fingerprint density at radius 3 is 2.29 bits per heavy atom. The molecule has 3 rings (SSSR count). The third-order valence-corrected chi connectivity index (χ3v) is 6.79. The van der Waals surface area contributed by atoms with Gasteiger partial charge in [-0.05, 0) is 57.9 Å². The van der Waals surface area contributed by atoms with Crippen molar-refractivity contribution in [1.29, 1.82) is 0 Å². The van der Waals surface area contributed by atoms with Crippen LogP contribution in [0.2, 0.25) is 5.02 Å². The largest absolute Gasteiger partial charge is 0.489 e. The van der Waals surface area contributed by atoms with Gasteiger partial charge in [0.15, 0.2) is 0 Å². The molecule has 0 radical (unpaired) electrons. The minimum Gasteiger partial charge on any atom is -0.489 e. The van der Waals surface area contributed by atoms with Gasteiger partial charge in [0.1, 0.15) is 11.6 Å². The van der Waals surface area contributed by atoms with Crippen molar-refractivity contribution in [3.8, 4) is 17.0 Å². The lowest BCUT2D eigenvalue weighted by Gasteiger charge is -2.21. The van der Waals surface area contributed by atoms with Gasteiger partial charge in [0.25, 0.3) is 5.91 Å². The molecule has 2 N–H and O–H groups in total. The van der Waals surface area contributed by atoms with E-state index in [2.05, 4.69) is 10.6 Å². The molecule has 3 aromatic rings. The predicted octanol–water partition coefficient (Wildman–Crippen LogP) is 5.03. The standard InChI is InChI=1S/C31H40ClN5O4/c1-8-37-18-27(35-30(37)20(4)33-21(5)38)23-11-9-22(10-12-23)15-25(17-29(39)36(6)7)34-31(40)24-13-14-28(26(32)16-24)41-19(2)3/h9-14,16,18-20,25H,8,15,17H2,1-7H3,(H,33,38)(H,34,40). The monoisotopic (exact) mass is 581 g/mol. The van der Waals surface area contributed by atoms with E-state index in [0.717, 1.165) is 29.2 Å². The highest BCUT2D eigenvalue weighted by atomic mass is 35.5. The summed E-state index contributed by atoms with van der Waals surface area (Å²) in [5.41, 5.74) is 3.09. The lowest BCUT2D eigenvalue weighted by Crippen LogP contribution is -2.40. The Balaban J connectivity index is 1.78. The molecule has 2 atom stereocenters. The van der Waals surface area contributed by atoms with Crippen molar-refractivity contribution >= 4 is 29.3 Å². The van der Waals surface area contributed by atoms with Gasteiger partial charge in [-0.2, -0.15) is 0 Å². The second kappa shape index (κ2) is 14.2. The third-order valence-electron chi connectivity index (χ3n) is 6.50. The predicted molar refractivity (Wildman–Crippen MR) is 161 cm³/mol. The fourth-order valence-electron chi connectivity index (χ4n) is 4.46. The number of halogens is 1. The van der Waals surface area contributed by atoms with Crippen molar-refractivity contribution in [2.24, 2.45) is 0 Å². The molecule has 0 aliphatic rings. The quantitative estimate of drug-likeness (QED) is 0.312. The molecule has 1 aromatic heterocycles. The second-order valence-electron chi connectivity index (χ2n) is 10.6. The number of carbonyl (C=O) groups excluding carboxylic acids is 3. The molecule has 2 unspecified atom stereocenters. The lowest BCUT2D eigenvalue weighted by atomic mass is 10.00. The zero-order chi connectivity index (χ0) is 30.3. The van der Waals surface area contributed by atoms with E-state index in [1.807, 2.05) is 62.7 Å². The fraction of sp³-hybridized carbons (Fsp3) is 0.419. The molecule has 0 saturated heterocycles. The lowest BCUT2D eigenvalue weighted by molar-refractivity contribution is -0.129. The number of ether oxygens (including phenoxy) is 1. The number of nitrogens with one attached hydrogen (secondary N) is 2. The van der Waals surface area contributed by atoms with Crippen LogP contribution in [0.5, 0.6) is 5.75 Å². The summed E-state index contributed by atoms with van der Waals surface area (Å²) in [5.74, 6) is 0.788. The molecule has 3 amide bonds. The molecule has 0 spiro atoms. The molecule has 0 fully saturated rings. The van der Waals surface area contributed by atoms with Crippen molar-refractivity contribution in [2.75, 3.05) is 14.1 Å². The van der Waals surface area contributed by atoms with E-state index < -0.39 is 6.04 Å². The van der Waals surface area contributed by atoms with Gasteiger partial charge in [0.05, 0.1) is 22.9 Å². The van der Waals surface area contributed by atoms with Gasteiger partial charge in [-0.15, -0.1) is 0 Å². The number of hydrogen-bond donors (Lipinski definition) is 2. The smallest absolute Gasteiger partial charge is 0.251 e. The maximum atomic E-state index is 13.1. The van der Waals surface area contributed by atoms with Crippen molar-refractivity contribution in [3.63, 3.8) is 0 Å². The Labute approximate surface area is 247 Å². The normalized spacial score (nSPS) is 12.5. The maximum Gasteiger partial charge on any atom is 0.251 e. The van der Waals surface area contributed by atoms with E-state index in [1.54, 1.807) is 32.3 Å². The molecule has 1 heterocycles. The van der Waals surface area contributed by atoms with E-state index in [0.29, 0.717) is 22.8 Å². The number of imidazole rings is 1. The van der Waals surface area contributed by atoms with Crippen LogP contribution in [0.3, 0.4) is 0 Å². The average molecular weight is 582 g/mol. The minimum atomic E-state index is -0.432. The molecule has 9 nitrogen and oxygen atoms in total. The highest BCUT2D eigenvalue weighted by Crippen LogP contribution is 2.27. The Morgan fingerprint density at radius 1 is 1.05 bits per heavy atom. The molecule has 0 saturated carbocycles. The van der Waals surface area contributed by atoms with Crippen LogP contribution in [0, 0.1) is 0 Å². The van der Waals surface area contributed by atoms with Gasteiger partial charge in [0, 0.05) is 57.4 Å². The van der Waals surface area contributed by atoms with Crippen LogP contribution in [-0.4, -0.2) is 58.4 Å². The van der Waals surface area contributed by atoms with Crippen LogP contribution in [0.15, 0.2) is 48.7 Å². The van der Waals surface area contributed by atoms with Crippen LogP contribution in [-0.2, 0) is 22.6 Å². The summed E-state index contributed by atoms with van der Waals surface area (Å²) in [7, 11) is 3.39. The van der Waals surface area contributed by atoms with Crippen LogP contribution in [0.1, 0.15) is 68.8 Å². The molecule has 2 aromatic carbocycles. The van der Waals surface area contributed by atoms with Gasteiger partial charge in [-0.1, -0.05) is 35.9 Å². The number of rotatable bonds is 12. The van der Waals surface area contributed by atoms with Gasteiger partial charge >= 0.3 is 0 Å². The van der Waals surface area contributed by atoms with E-state index in [4.69, 9.17) is 21.3 Å². The van der Waals surface area contributed by atoms with Crippen molar-refractivity contribution in [3.05, 3.63) is 70.6 Å². The van der Waals surface area contributed by atoms with Crippen molar-refractivity contribution in [2.45, 2.75) is 72.2 Å². The highest BCUT2D eigenvalue weighted by Gasteiger charge is 2.21. The summed E-state index contributed by atoms with van der Waals surface area (Å²) in [6.45, 7) is 9.96. The van der Waals surface area contributed by atoms with Crippen LogP contribution >= 0.6 is 11.6 Å². The number of carbonyl (C=O) groups is 3. The maximum absolute atomic E-state index is 13.1. The van der Waals surface area contributed by atoms with Crippen LogP contribution in [0.4, 0.5) is 0 Å². The number of aryl methyl sites for hydroxylation is 1. The zero-order valence-corrected chi connectivity index (χ0v) is 25.6. The van der Waals surface area contributed by atoms with E-state index in [1.165, 1.54) is 11.8 Å². The Hall–Kier alpha value is -3.85. The second-order valence-corrected chi connectivity index (χ2v) is 11.0. The van der Waals surface area contributed by atoms with E-state index in [9.17, 15) is 14.4 Å². The van der Waals surface area contributed by atoms with Gasteiger partial charge in [-0.3, -0.25) is 14.4 Å². The number of amides is 3. The first-order valence-corrected chi connectivity index (χ1v) is 14.2. The van der Waals surface area contributed by atoms with Crippen LogP contribution < -0.4 is 15.4 Å². The summed E-state index contributed by atoms with van der Waals surface area (Å²) in [6, 6.07) is 12.2. The molecule has 220 valence electrons. The number of benzene rings is 2. The van der Waals surface area contributed by atoms with Gasteiger partial charge in [-0.25, -0.2) is 4.98 Å². The van der Waals surface area contributed by atoms with Gasteiger partial charge in [0.2, 0.25) is 11.8 Å². The van der Waals surface area contributed by atoms with E-state index in [-0.39, 0.29) is 36.3 Å². The van der Waals surface area contributed by atoms with E-state index >= 15 is 0 Å². The third kappa shape index (κ3) is 8.82. The molecule has 10 heteroatoms. The average Bonchev–Trinajstić information content (AvgIpc) is 3.34. The molecular weight excluding hydrogens is 542 g/mol.